The van der Waals surface area contributed by atoms with Crippen LogP contribution in [0.1, 0.15) is 17.3 Å². The van der Waals surface area contributed by atoms with Gasteiger partial charge in [0, 0.05) is 17.8 Å². The zero-order chi connectivity index (χ0) is 17.0. The quantitative estimate of drug-likeness (QED) is 0.842. The predicted molar refractivity (Wildman–Crippen MR) is 91.7 cm³/mol. The molecule has 2 N–H and O–H groups in total. The summed E-state index contributed by atoms with van der Waals surface area (Å²) in [5.41, 5.74) is 0.640. The Balaban J connectivity index is 2.28. The van der Waals surface area contributed by atoms with Crippen molar-refractivity contribution in [3.8, 4) is 0 Å². The maximum atomic E-state index is 12.4. The highest BCUT2D eigenvalue weighted by molar-refractivity contribution is 7.92. The van der Waals surface area contributed by atoms with E-state index in [9.17, 15) is 13.2 Å². The number of sulfonamides is 1. The first-order chi connectivity index (χ1) is 10.8. The molecular weight excluding hydrogens is 359 g/mol. The third-order valence-corrected chi connectivity index (χ3v) is 5.03. The Hall–Kier alpha value is -1.76. The van der Waals surface area contributed by atoms with Gasteiger partial charge in [-0.05, 0) is 43.3 Å². The van der Waals surface area contributed by atoms with Crippen molar-refractivity contribution in [2.45, 2.75) is 11.8 Å². The fourth-order valence-corrected chi connectivity index (χ4v) is 3.28. The molecule has 5 nitrogen and oxygen atoms in total. The van der Waals surface area contributed by atoms with E-state index in [0.29, 0.717) is 12.1 Å². The topological polar surface area (TPSA) is 75.3 Å². The number of halogens is 2. The van der Waals surface area contributed by atoms with E-state index in [-0.39, 0.29) is 26.5 Å². The molecule has 0 saturated heterocycles. The Labute approximate surface area is 144 Å². The van der Waals surface area contributed by atoms with E-state index in [4.69, 9.17) is 23.2 Å². The Morgan fingerprint density at radius 2 is 1.83 bits per heavy atom. The van der Waals surface area contributed by atoms with Crippen molar-refractivity contribution in [2.75, 3.05) is 11.3 Å². The fraction of sp³-hybridized carbons (Fsp3) is 0.133. The SMILES string of the molecule is CCNC(=O)c1cccc(NS(=O)(=O)c2ccc(Cl)c(Cl)c2)c1. The Morgan fingerprint density at radius 1 is 1.09 bits per heavy atom. The number of carbonyl (C=O) groups is 1. The van der Waals surface area contributed by atoms with Gasteiger partial charge in [0.25, 0.3) is 15.9 Å². The van der Waals surface area contributed by atoms with Gasteiger partial charge in [0.15, 0.2) is 0 Å². The van der Waals surface area contributed by atoms with Gasteiger partial charge in [-0.1, -0.05) is 29.3 Å². The van der Waals surface area contributed by atoms with Crippen molar-refractivity contribution < 1.29 is 13.2 Å². The molecule has 0 aliphatic heterocycles. The Kier molecular flexibility index (Phi) is 5.51. The molecule has 2 rings (SSSR count). The summed E-state index contributed by atoms with van der Waals surface area (Å²) in [5.74, 6) is -0.275. The second-order valence-electron chi connectivity index (χ2n) is 4.62. The summed E-state index contributed by atoms with van der Waals surface area (Å²) < 4.78 is 27.1. The van der Waals surface area contributed by atoms with Gasteiger partial charge < -0.3 is 5.32 Å². The molecule has 0 saturated carbocycles. The standard InChI is InChI=1S/C15H14Cl2N2O3S/c1-2-18-15(20)10-4-3-5-11(8-10)19-23(21,22)12-6-7-13(16)14(17)9-12/h3-9,19H,2H2,1H3,(H,18,20). The first-order valence-electron chi connectivity index (χ1n) is 6.69. The van der Waals surface area contributed by atoms with Crippen molar-refractivity contribution in [1.82, 2.24) is 5.32 Å². The zero-order valence-corrected chi connectivity index (χ0v) is 14.5. The van der Waals surface area contributed by atoms with Crippen LogP contribution in [0.25, 0.3) is 0 Å². The molecule has 8 heteroatoms. The first-order valence-corrected chi connectivity index (χ1v) is 8.93. The van der Waals surface area contributed by atoms with Crippen molar-refractivity contribution in [2.24, 2.45) is 0 Å². The van der Waals surface area contributed by atoms with Crippen LogP contribution in [0.2, 0.25) is 10.0 Å². The Morgan fingerprint density at radius 3 is 2.48 bits per heavy atom. The van der Waals surface area contributed by atoms with Gasteiger partial charge in [-0.25, -0.2) is 8.42 Å². The zero-order valence-electron chi connectivity index (χ0n) is 12.1. The van der Waals surface area contributed by atoms with E-state index in [2.05, 4.69) is 10.0 Å². The number of rotatable bonds is 5. The molecule has 0 radical (unpaired) electrons. The number of amides is 1. The average molecular weight is 373 g/mol. The third kappa shape index (κ3) is 4.37. The van der Waals surface area contributed by atoms with Gasteiger partial charge in [0.1, 0.15) is 0 Å². The van der Waals surface area contributed by atoms with Crippen LogP contribution in [0.3, 0.4) is 0 Å². The maximum Gasteiger partial charge on any atom is 0.261 e. The minimum Gasteiger partial charge on any atom is -0.352 e. The molecule has 0 heterocycles. The van der Waals surface area contributed by atoms with Gasteiger partial charge in [-0.15, -0.1) is 0 Å². The minimum atomic E-state index is -3.83. The summed E-state index contributed by atoms with van der Waals surface area (Å²) in [6, 6.07) is 10.2. The lowest BCUT2D eigenvalue weighted by molar-refractivity contribution is 0.0956. The fourth-order valence-electron chi connectivity index (χ4n) is 1.84. The molecule has 0 aliphatic rings. The predicted octanol–water partition coefficient (Wildman–Crippen LogP) is 3.54. The molecule has 23 heavy (non-hydrogen) atoms. The number of hydrogen-bond donors (Lipinski definition) is 2. The van der Waals surface area contributed by atoms with Gasteiger partial charge in [0.2, 0.25) is 0 Å². The second kappa shape index (κ2) is 7.21. The molecular formula is C15H14Cl2N2O3S. The van der Waals surface area contributed by atoms with Crippen LogP contribution in [-0.2, 0) is 10.0 Å². The van der Waals surface area contributed by atoms with E-state index >= 15 is 0 Å². The monoisotopic (exact) mass is 372 g/mol. The lowest BCUT2D eigenvalue weighted by Crippen LogP contribution is -2.22. The smallest absolute Gasteiger partial charge is 0.261 e. The van der Waals surface area contributed by atoms with Crippen LogP contribution in [0.5, 0.6) is 0 Å². The van der Waals surface area contributed by atoms with Crippen molar-refractivity contribution >= 4 is 44.8 Å². The molecule has 0 bridgehead atoms. The van der Waals surface area contributed by atoms with Crippen molar-refractivity contribution in [1.29, 1.82) is 0 Å². The lowest BCUT2D eigenvalue weighted by Gasteiger charge is -2.10. The molecule has 0 spiro atoms. The molecule has 0 aromatic heterocycles. The highest BCUT2D eigenvalue weighted by atomic mass is 35.5. The molecule has 0 fully saturated rings. The van der Waals surface area contributed by atoms with Crippen LogP contribution in [-0.4, -0.2) is 20.9 Å². The van der Waals surface area contributed by atoms with Crippen LogP contribution >= 0.6 is 23.2 Å². The summed E-state index contributed by atoms with van der Waals surface area (Å²) in [5, 5.41) is 3.06. The van der Waals surface area contributed by atoms with E-state index in [1.807, 2.05) is 0 Å². The summed E-state index contributed by atoms with van der Waals surface area (Å²) in [7, 11) is -3.83. The van der Waals surface area contributed by atoms with Crippen LogP contribution < -0.4 is 10.0 Å². The van der Waals surface area contributed by atoms with Crippen molar-refractivity contribution in [3.63, 3.8) is 0 Å². The summed E-state index contributed by atoms with van der Waals surface area (Å²) in [4.78, 5) is 11.8. The van der Waals surface area contributed by atoms with E-state index in [1.165, 1.54) is 24.3 Å². The minimum absolute atomic E-state index is 0.0182. The third-order valence-electron chi connectivity index (χ3n) is 2.92. The van der Waals surface area contributed by atoms with Crippen LogP contribution in [0.4, 0.5) is 5.69 Å². The van der Waals surface area contributed by atoms with Gasteiger partial charge in [-0.3, -0.25) is 9.52 Å². The average Bonchev–Trinajstić information content (AvgIpc) is 2.50. The molecule has 122 valence electrons. The maximum absolute atomic E-state index is 12.4. The van der Waals surface area contributed by atoms with E-state index < -0.39 is 10.0 Å². The van der Waals surface area contributed by atoms with Gasteiger partial charge >= 0.3 is 0 Å². The second-order valence-corrected chi connectivity index (χ2v) is 7.12. The number of nitrogens with one attached hydrogen (secondary N) is 2. The molecule has 1 amide bonds. The first kappa shape index (κ1) is 17.6. The van der Waals surface area contributed by atoms with Gasteiger partial charge in [-0.2, -0.15) is 0 Å². The van der Waals surface area contributed by atoms with Crippen LogP contribution in [0, 0.1) is 0 Å². The molecule has 0 unspecified atom stereocenters. The molecule has 2 aromatic carbocycles. The highest BCUT2D eigenvalue weighted by Gasteiger charge is 2.16. The van der Waals surface area contributed by atoms with Crippen LogP contribution in [0.15, 0.2) is 47.4 Å². The van der Waals surface area contributed by atoms with Crippen molar-refractivity contribution in [3.05, 3.63) is 58.1 Å². The van der Waals surface area contributed by atoms with Gasteiger partial charge in [0.05, 0.1) is 14.9 Å². The highest BCUT2D eigenvalue weighted by Crippen LogP contribution is 2.26. The lowest BCUT2D eigenvalue weighted by atomic mass is 10.2. The number of hydrogen-bond acceptors (Lipinski definition) is 3. The summed E-state index contributed by atoms with van der Waals surface area (Å²) in [6.07, 6.45) is 0. The number of benzene rings is 2. The molecule has 0 atom stereocenters. The largest absolute Gasteiger partial charge is 0.352 e. The number of carbonyl (C=O) groups excluding carboxylic acids is 1. The Bertz CT molecular complexity index is 838. The van der Waals surface area contributed by atoms with E-state index in [1.54, 1.807) is 25.1 Å². The summed E-state index contributed by atoms with van der Waals surface area (Å²) in [6.45, 7) is 2.28. The van der Waals surface area contributed by atoms with E-state index in [0.717, 1.165) is 0 Å². The summed E-state index contributed by atoms with van der Waals surface area (Å²) >= 11 is 11.6. The normalized spacial score (nSPS) is 11.1. The molecule has 0 aliphatic carbocycles. The molecule has 2 aromatic rings. The number of anilines is 1.